The summed E-state index contributed by atoms with van der Waals surface area (Å²) in [5.41, 5.74) is 1.24. The Morgan fingerprint density at radius 1 is 1.29 bits per heavy atom. The lowest BCUT2D eigenvalue weighted by atomic mass is 10.1. The van der Waals surface area contributed by atoms with Crippen LogP contribution in [-0.4, -0.2) is 56.7 Å². The van der Waals surface area contributed by atoms with E-state index in [9.17, 15) is 9.59 Å². The molecule has 1 amide bonds. The molecule has 1 saturated carbocycles. The average molecular weight is 381 g/mol. The first kappa shape index (κ1) is 16.8. The minimum Gasteiger partial charge on any atom is -0.449 e. The minimum atomic E-state index is -1.47. The van der Waals surface area contributed by atoms with Crippen LogP contribution in [0.15, 0.2) is 35.3 Å². The van der Waals surface area contributed by atoms with E-state index in [2.05, 4.69) is 4.98 Å². The van der Waals surface area contributed by atoms with Gasteiger partial charge in [0.15, 0.2) is 11.5 Å². The summed E-state index contributed by atoms with van der Waals surface area (Å²) in [4.78, 5) is 37.0. The number of carbonyl (C=O) groups is 2. The topological polar surface area (TPSA) is 100 Å². The molecular weight excluding hydrogens is 362 g/mol. The summed E-state index contributed by atoms with van der Waals surface area (Å²) in [7, 11) is 1.69. The summed E-state index contributed by atoms with van der Waals surface area (Å²) in [6.45, 7) is 0.278. The van der Waals surface area contributed by atoms with Crippen molar-refractivity contribution < 1.29 is 19.4 Å². The molecule has 1 N–H and O–H groups in total. The maximum Gasteiger partial charge on any atom is 0.513 e. The van der Waals surface area contributed by atoms with Crippen LogP contribution in [0.1, 0.15) is 35.3 Å². The molecule has 0 spiro atoms. The van der Waals surface area contributed by atoms with Crippen LogP contribution in [0.4, 0.5) is 10.6 Å². The zero-order chi connectivity index (χ0) is 19.4. The molecule has 3 aliphatic rings. The van der Waals surface area contributed by atoms with Crippen molar-refractivity contribution in [1.82, 2.24) is 14.5 Å². The third-order valence-corrected chi connectivity index (χ3v) is 5.58. The fourth-order valence-electron chi connectivity index (χ4n) is 4.35. The van der Waals surface area contributed by atoms with Gasteiger partial charge >= 0.3 is 12.2 Å². The van der Waals surface area contributed by atoms with Gasteiger partial charge in [-0.15, -0.1) is 0 Å². The molecule has 2 aliphatic heterocycles. The molecule has 9 nitrogen and oxygen atoms in total. The summed E-state index contributed by atoms with van der Waals surface area (Å²) in [6, 6.07) is 9.66. The van der Waals surface area contributed by atoms with E-state index >= 15 is 0 Å². The first-order valence-corrected chi connectivity index (χ1v) is 9.25. The highest BCUT2D eigenvalue weighted by Gasteiger charge is 2.49. The van der Waals surface area contributed by atoms with Crippen LogP contribution in [0.5, 0.6) is 6.01 Å². The maximum atomic E-state index is 13.1. The smallest absolute Gasteiger partial charge is 0.449 e. The van der Waals surface area contributed by atoms with Gasteiger partial charge in [-0.2, -0.15) is 4.98 Å². The molecule has 5 rings (SSSR count). The number of anilines is 1. The maximum absolute atomic E-state index is 13.1. The number of carbonyl (C=O) groups excluding carboxylic acids is 1. The fraction of sp³-hybridized carbons (Fsp3) is 0.368. The minimum absolute atomic E-state index is 0.106. The Bertz CT molecular complexity index is 999. The molecule has 1 aromatic carbocycles. The second-order valence-corrected chi connectivity index (χ2v) is 7.24. The summed E-state index contributed by atoms with van der Waals surface area (Å²) in [6.07, 6.45) is 1.54. The quantitative estimate of drug-likeness (QED) is 0.818. The SMILES string of the molecule is CN1C(=O)c2c(nc(OC(=O)O)n2Cc2ccccc2)N2C1=N[C@@H]1CCC[C@@H]12. The number of hydrogen-bond donors (Lipinski definition) is 1. The van der Waals surface area contributed by atoms with Crippen molar-refractivity contribution in [2.45, 2.75) is 37.9 Å². The van der Waals surface area contributed by atoms with Gasteiger partial charge in [-0.05, 0) is 24.8 Å². The van der Waals surface area contributed by atoms with Crippen molar-refractivity contribution in [2.75, 3.05) is 11.9 Å². The predicted molar refractivity (Wildman–Crippen MR) is 99.9 cm³/mol. The van der Waals surface area contributed by atoms with Crippen LogP contribution in [-0.2, 0) is 6.54 Å². The van der Waals surface area contributed by atoms with Crippen molar-refractivity contribution in [3.05, 3.63) is 41.6 Å². The molecule has 0 unspecified atom stereocenters. The van der Waals surface area contributed by atoms with Crippen LogP contribution >= 0.6 is 0 Å². The number of aromatic nitrogens is 2. The number of ether oxygens (including phenoxy) is 1. The average Bonchev–Trinajstić information content (AvgIpc) is 3.34. The number of amides is 1. The third kappa shape index (κ3) is 2.39. The van der Waals surface area contributed by atoms with Gasteiger partial charge in [-0.1, -0.05) is 30.3 Å². The van der Waals surface area contributed by atoms with E-state index in [1.165, 1.54) is 9.47 Å². The number of nitrogens with zero attached hydrogens (tertiary/aromatic N) is 5. The van der Waals surface area contributed by atoms with E-state index in [0.29, 0.717) is 17.5 Å². The molecule has 9 heteroatoms. The van der Waals surface area contributed by atoms with Crippen molar-refractivity contribution >= 4 is 23.8 Å². The molecule has 1 aliphatic carbocycles. The van der Waals surface area contributed by atoms with Crippen molar-refractivity contribution in [1.29, 1.82) is 0 Å². The molecule has 1 fully saturated rings. The number of benzene rings is 1. The monoisotopic (exact) mass is 381 g/mol. The number of hydrogen-bond acceptors (Lipinski definition) is 6. The van der Waals surface area contributed by atoms with Gasteiger partial charge < -0.3 is 9.84 Å². The van der Waals surface area contributed by atoms with Gasteiger partial charge in [0.1, 0.15) is 0 Å². The molecule has 1 aromatic heterocycles. The van der Waals surface area contributed by atoms with Crippen LogP contribution < -0.4 is 9.64 Å². The van der Waals surface area contributed by atoms with E-state index in [0.717, 1.165) is 24.8 Å². The summed E-state index contributed by atoms with van der Waals surface area (Å²) in [5, 5.41) is 9.17. The molecule has 144 valence electrons. The summed E-state index contributed by atoms with van der Waals surface area (Å²) < 4.78 is 6.48. The number of guanidine groups is 1. The van der Waals surface area contributed by atoms with Crippen LogP contribution in [0, 0.1) is 0 Å². The van der Waals surface area contributed by atoms with E-state index in [-0.39, 0.29) is 30.5 Å². The Labute approximate surface area is 160 Å². The van der Waals surface area contributed by atoms with E-state index in [1.807, 2.05) is 35.2 Å². The first-order valence-electron chi connectivity index (χ1n) is 9.25. The summed E-state index contributed by atoms with van der Waals surface area (Å²) in [5.74, 6) is 0.746. The highest BCUT2D eigenvalue weighted by atomic mass is 16.7. The lowest BCUT2D eigenvalue weighted by molar-refractivity contribution is 0.0852. The summed E-state index contributed by atoms with van der Waals surface area (Å²) >= 11 is 0. The number of fused-ring (bicyclic) bond motifs is 5. The molecule has 0 radical (unpaired) electrons. The highest BCUT2D eigenvalue weighted by molar-refractivity contribution is 6.18. The Morgan fingerprint density at radius 3 is 2.82 bits per heavy atom. The zero-order valence-electron chi connectivity index (χ0n) is 15.3. The van der Waals surface area contributed by atoms with Crippen molar-refractivity contribution in [2.24, 2.45) is 4.99 Å². The van der Waals surface area contributed by atoms with Crippen molar-refractivity contribution in [3.63, 3.8) is 0 Å². The second-order valence-electron chi connectivity index (χ2n) is 7.24. The van der Waals surface area contributed by atoms with Gasteiger partial charge in [-0.25, -0.2) is 9.79 Å². The number of rotatable bonds is 3. The zero-order valence-corrected chi connectivity index (χ0v) is 15.3. The molecule has 3 heterocycles. The van der Waals surface area contributed by atoms with Gasteiger partial charge in [0.2, 0.25) is 5.96 Å². The van der Waals surface area contributed by atoms with Gasteiger partial charge in [0.25, 0.3) is 5.91 Å². The Morgan fingerprint density at radius 2 is 2.07 bits per heavy atom. The number of imidazole rings is 1. The van der Waals surface area contributed by atoms with Crippen LogP contribution in [0.25, 0.3) is 0 Å². The van der Waals surface area contributed by atoms with Gasteiger partial charge in [-0.3, -0.25) is 19.2 Å². The third-order valence-electron chi connectivity index (χ3n) is 5.58. The lowest BCUT2D eigenvalue weighted by Crippen LogP contribution is -2.51. The second kappa shape index (κ2) is 6.08. The van der Waals surface area contributed by atoms with Gasteiger partial charge in [0.05, 0.1) is 18.6 Å². The molecule has 2 aromatic rings. The molecular formula is C19H19N5O4. The molecule has 2 atom stereocenters. The first-order chi connectivity index (χ1) is 13.5. The molecule has 28 heavy (non-hydrogen) atoms. The molecule has 0 saturated heterocycles. The number of carboxylic acid groups (broad SMARTS) is 1. The largest absolute Gasteiger partial charge is 0.513 e. The Balaban J connectivity index is 1.66. The van der Waals surface area contributed by atoms with Crippen LogP contribution in [0.3, 0.4) is 0 Å². The fourth-order valence-corrected chi connectivity index (χ4v) is 4.35. The van der Waals surface area contributed by atoms with E-state index in [4.69, 9.17) is 14.8 Å². The van der Waals surface area contributed by atoms with Gasteiger partial charge in [0, 0.05) is 7.05 Å². The molecule has 0 bridgehead atoms. The van der Waals surface area contributed by atoms with E-state index < -0.39 is 6.16 Å². The predicted octanol–water partition coefficient (Wildman–Crippen LogP) is 2.17. The van der Waals surface area contributed by atoms with Crippen molar-refractivity contribution in [3.8, 4) is 6.01 Å². The standard InChI is InChI=1S/C19H19N5O4/c1-22-16(25)14-15(24-13-9-5-8-12(13)20-17(22)24)21-18(28-19(26)27)23(14)10-11-6-3-2-4-7-11/h2-4,6-7,12-13H,5,8-10H2,1H3,(H,26,27)/t12-,13+/m1/s1. The van der Waals surface area contributed by atoms with Crippen LogP contribution in [0.2, 0.25) is 0 Å². The lowest BCUT2D eigenvalue weighted by Gasteiger charge is -2.34. The Kier molecular flexibility index (Phi) is 3.65. The number of aliphatic imine (C=N–C) groups is 1. The Hall–Kier alpha value is -3.36. The normalized spacial score (nSPS) is 22.6. The highest BCUT2D eigenvalue weighted by Crippen LogP contribution is 2.41. The van der Waals surface area contributed by atoms with E-state index in [1.54, 1.807) is 7.05 Å².